The number of carbonyl (C=O) groups is 3. The molecule has 0 saturated heterocycles. The van der Waals surface area contributed by atoms with Crippen molar-refractivity contribution >= 4 is 34.3 Å². The molecular weight excluding hydrogens is 435 g/mol. The van der Waals surface area contributed by atoms with Gasteiger partial charge in [0.2, 0.25) is 11.8 Å². The molecule has 34 heavy (non-hydrogen) atoms. The number of nitrogens with zero attached hydrogens (tertiary/aromatic N) is 2. The standard InChI is InChI=1S/C26H35FN4O3/c1-16(2)12-13-28-25(34)26(4)15-30-21-11-10-18(27)14-20(21)22(29-17(3)32)23(30)24(33)31(26)19-8-6-5-7-9-19/h10-11,14,16,19H,5-9,12-13,15H2,1-4H3,(H,28,34)(H,29,32)/t26-/m0/s1. The molecule has 4 rings (SSSR count). The molecule has 2 aromatic rings. The second kappa shape index (κ2) is 9.39. The Kier molecular flexibility index (Phi) is 6.69. The van der Waals surface area contributed by atoms with Crippen LogP contribution >= 0.6 is 0 Å². The summed E-state index contributed by atoms with van der Waals surface area (Å²) in [7, 11) is 0. The van der Waals surface area contributed by atoms with Crippen molar-refractivity contribution in [1.29, 1.82) is 0 Å². The van der Waals surface area contributed by atoms with E-state index in [0.717, 1.165) is 38.5 Å². The highest BCUT2D eigenvalue weighted by Gasteiger charge is 2.51. The summed E-state index contributed by atoms with van der Waals surface area (Å²) in [6.07, 6.45) is 5.66. The summed E-state index contributed by atoms with van der Waals surface area (Å²) in [5.74, 6) is -0.808. The Morgan fingerprint density at radius 3 is 2.56 bits per heavy atom. The lowest BCUT2D eigenvalue weighted by atomic mass is 9.86. The second-order valence-corrected chi connectivity index (χ2v) is 10.3. The average Bonchev–Trinajstić information content (AvgIpc) is 3.06. The van der Waals surface area contributed by atoms with Crippen molar-refractivity contribution < 1.29 is 18.8 Å². The van der Waals surface area contributed by atoms with Crippen molar-refractivity contribution in [3.8, 4) is 0 Å². The molecule has 1 aliphatic carbocycles. The van der Waals surface area contributed by atoms with Gasteiger partial charge in [-0.1, -0.05) is 33.1 Å². The molecular formula is C26H35FN4O3. The Morgan fingerprint density at radius 1 is 1.21 bits per heavy atom. The summed E-state index contributed by atoms with van der Waals surface area (Å²) in [4.78, 5) is 41.6. The van der Waals surface area contributed by atoms with Gasteiger partial charge in [-0.15, -0.1) is 0 Å². The predicted octanol–water partition coefficient (Wildman–Crippen LogP) is 4.45. The van der Waals surface area contributed by atoms with E-state index in [1.165, 1.54) is 19.1 Å². The predicted molar refractivity (Wildman–Crippen MR) is 130 cm³/mol. The molecule has 1 saturated carbocycles. The molecule has 184 valence electrons. The van der Waals surface area contributed by atoms with Crippen LogP contribution < -0.4 is 10.6 Å². The number of hydrogen-bond donors (Lipinski definition) is 2. The van der Waals surface area contributed by atoms with Gasteiger partial charge in [-0.25, -0.2) is 4.39 Å². The van der Waals surface area contributed by atoms with Crippen LogP contribution in [-0.4, -0.2) is 45.3 Å². The molecule has 0 spiro atoms. The maximum Gasteiger partial charge on any atom is 0.273 e. The molecule has 0 radical (unpaired) electrons. The number of aromatic nitrogens is 1. The van der Waals surface area contributed by atoms with Crippen LogP contribution in [0.2, 0.25) is 0 Å². The third kappa shape index (κ3) is 4.30. The number of carbonyl (C=O) groups excluding carboxylic acids is 3. The Hall–Kier alpha value is -2.90. The third-order valence-electron chi connectivity index (χ3n) is 7.18. The van der Waals surface area contributed by atoms with E-state index >= 15 is 0 Å². The first-order valence-electron chi connectivity index (χ1n) is 12.3. The Balaban J connectivity index is 1.85. The summed E-state index contributed by atoms with van der Waals surface area (Å²) in [6, 6.07) is 4.23. The van der Waals surface area contributed by atoms with Crippen LogP contribution in [0.15, 0.2) is 18.2 Å². The summed E-state index contributed by atoms with van der Waals surface area (Å²) in [6.45, 7) is 8.19. The van der Waals surface area contributed by atoms with Gasteiger partial charge in [-0.05, 0) is 50.3 Å². The minimum absolute atomic E-state index is 0.0595. The number of anilines is 1. The molecule has 1 atom stereocenters. The first-order valence-corrected chi connectivity index (χ1v) is 12.3. The van der Waals surface area contributed by atoms with Gasteiger partial charge in [0.15, 0.2) is 0 Å². The fourth-order valence-electron chi connectivity index (χ4n) is 5.49. The number of nitrogens with one attached hydrogen (secondary N) is 2. The molecule has 2 aliphatic rings. The zero-order valence-corrected chi connectivity index (χ0v) is 20.5. The van der Waals surface area contributed by atoms with E-state index in [9.17, 15) is 18.8 Å². The topological polar surface area (TPSA) is 83.4 Å². The Morgan fingerprint density at radius 2 is 1.91 bits per heavy atom. The molecule has 1 aliphatic heterocycles. The lowest BCUT2D eigenvalue weighted by molar-refractivity contribution is -0.134. The maximum atomic E-state index is 14.2. The minimum atomic E-state index is -1.10. The normalized spacial score (nSPS) is 21.1. The number of amides is 3. The van der Waals surface area contributed by atoms with Crippen LogP contribution in [0.4, 0.5) is 10.1 Å². The van der Waals surface area contributed by atoms with Crippen molar-refractivity contribution in [2.45, 2.75) is 84.3 Å². The average molecular weight is 471 g/mol. The first kappa shape index (κ1) is 24.2. The van der Waals surface area contributed by atoms with E-state index in [0.29, 0.717) is 34.7 Å². The number of fused-ring (bicyclic) bond motifs is 3. The van der Waals surface area contributed by atoms with Crippen LogP contribution in [-0.2, 0) is 16.1 Å². The number of rotatable bonds is 6. The zero-order chi connectivity index (χ0) is 24.6. The van der Waals surface area contributed by atoms with Crippen molar-refractivity contribution in [2.24, 2.45) is 5.92 Å². The molecule has 8 heteroatoms. The highest BCUT2D eigenvalue weighted by molar-refractivity contribution is 6.14. The molecule has 2 heterocycles. The number of halogens is 1. The SMILES string of the molecule is CC(=O)Nc1c2n(c3ccc(F)cc13)C[C@@](C)(C(=O)NCCC(C)C)N(C1CCCCC1)C2=O. The molecule has 3 amide bonds. The van der Waals surface area contributed by atoms with Gasteiger partial charge in [0.1, 0.15) is 17.1 Å². The third-order valence-corrected chi connectivity index (χ3v) is 7.18. The minimum Gasteiger partial charge on any atom is -0.354 e. The van der Waals surface area contributed by atoms with Gasteiger partial charge in [0.25, 0.3) is 5.91 Å². The van der Waals surface area contributed by atoms with Gasteiger partial charge in [0, 0.05) is 24.9 Å². The zero-order valence-electron chi connectivity index (χ0n) is 20.5. The van der Waals surface area contributed by atoms with E-state index in [-0.39, 0.29) is 30.3 Å². The Labute approximate surface area is 200 Å². The van der Waals surface area contributed by atoms with Crippen LogP contribution in [0.1, 0.15) is 76.7 Å². The van der Waals surface area contributed by atoms with Gasteiger partial charge < -0.3 is 20.1 Å². The molecule has 1 aromatic carbocycles. The smallest absolute Gasteiger partial charge is 0.273 e. The van der Waals surface area contributed by atoms with Gasteiger partial charge in [-0.2, -0.15) is 0 Å². The molecule has 1 aromatic heterocycles. The molecule has 0 unspecified atom stereocenters. The summed E-state index contributed by atoms with van der Waals surface area (Å²) < 4.78 is 16.0. The van der Waals surface area contributed by atoms with E-state index < -0.39 is 11.4 Å². The van der Waals surface area contributed by atoms with Crippen molar-refractivity contribution in [3.05, 3.63) is 29.7 Å². The summed E-state index contributed by atoms with van der Waals surface area (Å²) in [5, 5.41) is 6.30. The molecule has 2 N–H and O–H groups in total. The lowest BCUT2D eigenvalue weighted by Gasteiger charge is -2.49. The van der Waals surface area contributed by atoms with Crippen molar-refractivity contribution in [1.82, 2.24) is 14.8 Å². The summed E-state index contributed by atoms with van der Waals surface area (Å²) >= 11 is 0. The highest BCUT2D eigenvalue weighted by Crippen LogP contribution is 2.41. The number of hydrogen-bond acceptors (Lipinski definition) is 3. The van der Waals surface area contributed by atoms with Crippen LogP contribution in [0.25, 0.3) is 10.9 Å². The lowest BCUT2D eigenvalue weighted by Crippen LogP contribution is -2.67. The van der Waals surface area contributed by atoms with Crippen molar-refractivity contribution in [2.75, 3.05) is 11.9 Å². The first-order chi connectivity index (χ1) is 16.1. The maximum absolute atomic E-state index is 14.2. The second-order valence-electron chi connectivity index (χ2n) is 10.3. The van der Waals surface area contributed by atoms with Gasteiger partial charge in [0.05, 0.1) is 17.7 Å². The van der Waals surface area contributed by atoms with Gasteiger partial charge in [-0.3, -0.25) is 14.4 Å². The Bertz CT molecular complexity index is 1120. The van der Waals surface area contributed by atoms with Gasteiger partial charge >= 0.3 is 0 Å². The molecule has 7 nitrogen and oxygen atoms in total. The van der Waals surface area contributed by atoms with Crippen molar-refractivity contribution in [3.63, 3.8) is 0 Å². The van der Waals surface area contributed by atoms with Crippen LogP contribution in [0.5, 0.6) is 0 Å². The highest BCUT2D eigenvalue weighted by atomic mass is 19.1. The van der Waals surface area contributed by atoms with Crippen LogP contribution in [0.3, 0.4) is 0 Å². The number of benzene rings is 1. The fraction of sp³-hybridized carbons (Fsp3) is 0.577. The molecule has 0 bridgehead atoms. The summed E-state index contributed by atoms with van der Waals surface area (Å²) in [5.41, 5.74) is 0.151. The fourth-order valence-corrected chi connectivity index (χ4v) is 5.49. The quantitative estimate of drug-likeness (QED) is 0.654. The van der Waals surface area contributed by atoms with E-state index in [4.69, 9.17) is 0 Å². The molecule has 1 fully saturated rings. The largest absolute Gasteiger partial charge is 0.354 e. The van der Waals surface area contributed by atoms with E-state index in [1.807, 2.05) is 6.92 Å². The van der Waals surface area contributed by atoms with E-state index in [2.05, 4.69) is 24.5 Å². The van der Waals surface area contributed by atoms with Crippen LogP contribution in [0, 0.1) is 11.7 Å². The monoisotopic (exact) mass is 470 g/mol. The van der Waals surface area contributed by atoms with E-state index in [1.54, 1.807) is 15.5 Å².